The van der Waals surface area contributed by atoms with Crippen molar-refractivity contribution in [1.82, 2.24) is 4.98 Å². The number of rotatable bonds is 0. The van der Waals surface area contributed by atoms with E-state index >= 15 is 0 Å². The lowest BCUT2D eigenvalue weighted by Crippen LogP contribution is -2.16. The fourth-order valence-electron chi connectivity index (χ4n) is 1.79. The van der Waals surface area contributed by atoms with Crippen LogP contribution < -0.4 is 4.42 Å². The summed E-state index contributed by atoms with van der Waals surface area (Å²) in [6, 6.07) is 7.82. The van der Waals surface area contributed by atoms with Crippen LogP contribution in [0.15, 0.2) is 35.5 Å². The molecule has 1 aromatic heterocycles. The maximum atomic E-state index is 6.14. The SMILES string of the molecule is ClN1CC=Nc2ccc3ncccc3c21. The molecule has 0 amide bonds. The van der Waals surface area contributed by atoms with Gasteiger partial charge < -0.3 is 0 Å². The number of fused-ring (bicyclic) bond motifs is 3. The average Bonchev–Trinajstić information content (AvgIpc) is 2.29. The van der Waals surface area contributed by atoms with Crippen LogP contribution in [0.3, 0.4) is 0 Å². The van der Waals surface area contributed by atoms with Crippen LogP contribution in [0.25, 0.3) is 10.9 Å². The monoisotopic (exact) mass is 217 g/mol. The molecule has 0 bridgehead atoms. The number of nitrogens with zero attached hydrogens (tertiary/aromatic N) is 3. The molecule has 4 heteroatoms. The Morgan fingerprint density at radius 2 is 2.20 bits per heavy atom. The van der Waals surface area contributed by atoms with Gasteiger partial charge in [-0.25, -0.2) is 0 Å². The molecule has 3 rings (SSSR count). The molecule has 0 N–H and O–H groups in total. The summed E-state index contributed by atoms with van der Waals surface area (Å²) in [5.74, 6) is 0. The van der Waals surface area contributed by atoms with E-state index in [1.165, 1.54) is 0 Å². The molecule has 2 heterocycles. The number of aromatic nitrogens is 1. The van der Waals surface area contributed by atoms with E-state index in [9.17, 15) is 0 Å². The van der Waals surface area contributed by atoms with E-state index in [1.807, 2.05) is 24.3 Å². The molecule has 0 unspecified atom stereocenters. The Labute approximate surface area is 92.1 Å². The van der Waals surface area contributed by atoms with Gasteiger partial charge in [-0.3, -0.25) is 14.4 Å². The molecule has 0 atom stereocenters. The van der Waals surface area contributed by atoms with Crippen LogP contribution in [0.2, 0.25) is 0 Å². The van der Waals surface area contributed by atoms with Crippen molar-refractivity contribution in [3.63, 3.8) is 0 Å². The Morgan fingerprint density at radius 3 is 3.13 bits per heavy atom. The lowest BCUT2D eigenvalue weighted by molar-refractivity contribution is 1.22. The van der Waals surface area contributed by atoms with Gasteiger partial charge in [-0.15, -0.1) is 0 Å². The highest BCUT2D eigenvalue weighted by Crippen LogP contribution is 2.38. The summed E-state index contributed by atoms with van der Waals surface area (Å²) in [7, 11) is 0. The normalized spacial score (nSPS) is 14.3. The average molecular weight is 218 g/mol. The summed E-state index contributed by atoms with van der Waals surface area (Å²) in [6.07, 6.45) is 3.58. The summed E-state index contributed by atoms with van der Waals surface area (Å²) in [6.45, 7) is 0.628. The van der Waals surface area contributed by atoms with Crippen LogP contribution in [-0.4, -0.2) is 17.7 Å². The van der Waals surface area contributed by atoms with Crippen molar-refractivity contribution in [3.8, 4) is 0 Å². The predicted octanol–water partition coefficient (Wildman–Crippen LogP) is 2.91. The molecular weight excluding hydrogens is 210 g/mol. The quantitative estimate of drug-likeness (QED) is 0.635. The molecule has 0 saturated heterocycles. The fraction of sp³-hybridized carbons (Fsp3) is 0.0909. The van der Waals surface area contributed by atoms with Crippen LogP contribution in [0, 0.1) is 0 Å². The van der Waals surface area contributed by atoms with E-state index in [2.05, 4.69) is 9.98 Å². The molecule has 0 saturated carbocycles. The summed E-state index contributed by atoms with van der Waals surface area (Å²) >= 11 is 6.14. The second-order valence-corrected chi connectivity index (χ2v) is 3.77. The summed E-state index contributed by atoms with van der Waals surface area (Å²) in [5.41, 5.74) is 2.79. The fourth-order valence-corrected chi connectivity index (χ4v) is 2.03. The molecule has 1 aliphatic rings. The van der Waals surface area contributed by atoms with Crippen LogP contribution in [0.4, 0.5) is 11.4 Å². The smallest absolute Gasteiger partial charge is 0.0880 e. The van der Waals surface area contributed by atoms with Crippen molar-refractivity contribution in [3.05, 3.63) is 30.5 Å². The van der Waals surface area contributed by atoms with Gasteiger partial charge in [-0.05, 0) is 24.3 Å². The van der Waals surface area contributed by atoms with Gasteiger partial charge in [0.2, 0.25) is 0 Å². The van der Waals surface area contributed by atoms with Gasteiger partial charge in [-0.2, -0.15) is 0 Å². The highest BCUT2D eigenvalue weighted by molar-refractivity contribution is 6.30. The van der Waals surface area contributed by atoms with Crippen LogP contribution >= 0.6 is 11.8 Å². The molecule has 0 fully saturated rings. The maximum Gasteiger partial charge on any atom is 0.0880 e. The minimum atomic E-state index is 0.628. The zero-order valence-electron chi connectivity index (χ0n) is 7.89. The van der Waals surface area contributed by atoms with E-state index in [0.29, 0.717) is 6.54 Å². The standard InChI is InChI=1S/C11H8ClN3/c12-15-7-6-14-10-4-3-9-8(11(10)15)2-1-5-13-9/h1-6H,7H2. The molecule has 3 nitrogen and oxygen atoms in total. The van der Waals surface area contributed by atoms with Gasteiger partial charge in [0.25, 0.3) is 0 Å². The van der Waals surface area contributed by atoms with E-state index in [0.717, 1.165) is 22.3 Å². The number of hydrogen-bond acceptors (Lipinski definition) is 3. The summed E-state index contributed by atoms with van der Waals surface area (Å²) in [4.78, 5) is 8.60. The van der Waals surface area contributed by atoms with Crippen LogP contribution in [0.1, 0.15) is 0 Å². The zero-order valence-corrected chi connectivity index (χ0v) is 8.65. The molecule has 1 aliphatic heterocycles. The van der Waals surface area contributed by atoms with Crippen molar-refractivity contribution in [2.45, 2.75) is 0 Å². The molecule has 15 heavy (non-hydrogen) atoms. The number of halogens is 1. The third-order valence-electron chi connectivity index (χ3n) is 2.45. The van der Waals surface area contributed by atoms with Gasteiger partial charge in [0, 0.05) is 29.6 Å². The molecule has 74 valence electrons. The first-order chi connectivity index (χ1) is 7.36. The first-order valence-corrected chi connectivity index (χ1v) is 5.03. The Kier molecular flexibility index (Phi) is 1.86. The van der Waals surface area contributed by atoms with Gasteiger partial charge in [0.15, 0.2) is 0 Å². The van der Waals surface area contributed by atoms with E-state index < -0.39 is 0 Å². The minimum absolute atomic E-state index is 0.628. The second-order valence-electron chi connectivity index (χ2n) is 3.36. The van der Waals surface area contributed by atoms with Crippen LogP contribution in [0.5, 0.6) is 0 Å². The first-order valence-electron chi connectivity index (χ1n) is 4.70. The van der Waals surface area contributed by atoms with E-state index in [1.54, 1.807) is 16.8 Å². The molecule has 1 aromatic carbocycles. The number of pyridine rings is 1. The third-order valence-corrected chi connectivity index (χ3v) is 2.76. The van der Waals surface area contributed by atoms with Crippen molar-refractivity contribution in [2.24, 2.45) is 4.99 Å². The Morgan fingerprint density at radius 1 is 1.27 bits per heavy atom. The van der Waals surface area contributed by atoms with E-state index in [-0.39, 0.29) is 0 Å². The molecule has 0 radical (unpaired) electrons. The number of anilines is 1. The highest BCUT2D eigenvalue weighted by atomic mass is 35.5. The summed E-state index contributed by atoms with van der Waals surface area (Å²) in [5, 5.41) is 1.04. The van der Waals surface area contributed by atoms with E-state index in [4.69, 9.17) is 11.8 Å². The molecule has 2 aromatic rings. The number of aliphatic imine (C=N–C) groups is 1. The van der Waals surface area contributed by atoms with Crippen molar-refractivity contribution in [1.29, 1.82) is 0 Å². The van der Waals surface area contributed by atoms with Crippen molar-refractivity contribution in [2.75, 3.05) is 11.0 Å². The zero-order chi connectivity index (χ0) is 10.3. The largest absolute Gasteiger partial charge is 0.277 e. The minimum Gasteiger partial charge on any atom is -0.277 e. The van der Waals surface area contributed by atoms with Crippen molar-refractivity contribution >= 4 is 40.3 Å². The van der Waals surface area contributed by atoms with Crippen molar-refractivity contribution < 1.29 is 0 Å². The second kappa shape index (κ2) is 3.21. The van der Waals surface area contributed by atoms with Gasteiger partial charge in [0.05, 0.1) is 23.4 Å². The Hall–Kier alpha value is -1.61. The number of benzene rings is 1. The molecule has 0 aliphatic carbocycles. The number of hydrogen-bond donors (Lipinski definition) is 0. The Bertz CT molecular complexity index is 551. The lowest BCUT2D eigenvalue weighted by atomic mass is 10.1. The lowest BCUT2D eigenvalue weighted by Gasteiger charge is -2.21. The molecule has 0 spiro atoms. The molecular formula is C11H8ClN3. The first kappa shape index (κ1) is 8.68. The van der Waals surface area contributed by atoms with Gasteiger partial charge in [-0.1, -0.05) is 0 Å². The topological polar surface area (TPSA) is 28.5 Å². The highest BCUT2D eigenvalue weighted by Gasteiger charge is 2.15. The van der Waals surface area contributed by atoms with Crippen LogP contribution in [-0.2, 0) is 0 Å². The maximum absolute atomic E-state index is 6.14. The third kappa shape index (κ3) is 1.27. The van der Waals surface area contributed by atoms with Gasteiger partial charge in [0.1, 0.15) is 0 Å². The predicted molar refractivity (Wildman–Crippen MR) is 63.1 cm³/mol. The van der Waals surface area contributed by atoms with Gasteiger partial charge >= 0.3 is 0 Å². The summed E-state index contributed by atoms with van der Waals surface area (Å²) < 4.78 is 1.67. The Balaban J connectivity index is 2.41.